The van der Waals surface area contributed by atoms with Crippen LogP contribution in [-0.4, -0.2) is 47.2 Å². The molecular formula is C26H25N3O2. The molecule has 31 heavy (non-hydrogen) atoms. The van der Waals surface area contributed by atoms with Crippen LogP contribution in [0, 0.1) is 6.92 Å². The molecule has 0 aliphatic carbocycles. The average molecular weight is 412 g/mol. The molecule has 2 aliphatic rings. The van der Waals surface area contributed by atoms with Gasteiger partial charge in [0.25, 0.3) is 0 Å². The van der Waals surface area contributed by atoms with Crippen LogP contribution in [-0.2, 0) is 0 Å². The van der Waals surface area contributed by atoms with E-state index in [0.29, 0.717) is 6.61 Å². The minimum Gasteiger partial charge on any atom is -0.486 e. The van der Waals surface area contributed by atoms with Crippen LogP contribution in [0.15, 0.2) is 60.9 Å². The molecule has 5 heteroatoms. The lowest BCUT2D eigenvalue weighted by Gasteiger charge is -2.33. The number of pyridine rings is 1. The van der Waals surface area contributed by atoms with Gasteiger partial charge in [0.15, 0.2) is 11.5 Å². The highest BCUT2D eigenvalue weighted by Gasteiger charge is 2.26. The molecule has 6 rings (SSSR count). The maximum Gasteiger partial charge on any atom is 0.171 e. The van der Waals surface area contributed by atoms with Gasteiger partial charge in [-0.05, 0) is 48.7 Å². The van der Waals surface area contributed by atoms with Gasteiger partial charge in [-0.2, -0.15) is 0 Å². The summed E-state index contributed by atoms with van der Waals surface area (Å²) in [5.41, 5.74) is 6.02. The van der Waals surface area contributed by atoms with Crippen LogP contribution in [0.2, 0.25) is 0 Å². The van der Waals surface area contributed by atoms with E-state index in [1.807, 2.05) is 18.3 Å². The molecular weight excluding hydrogens is 386 g/mol. The largest absolute Gasteiger partial charge is 0.486 e. The monoisotopic (exact) mass is 411 g/mol. The molecule has 2 aromatic carbocycles. The van der Waals surface area contributed by atoms with Crippen molar-refractivity contribution in [1.29, 1.82) is 0 Å². The second-order valence-corrected chi connectivity index (χ2v) is 8.51. The van der Waals surface area contributed by atoms with Crippen molar-refractivity contribution in [2.75, 3.05) is 26.2 Å². The third-order valence-electron chi connectivity index (χ3n) is 6.32. The van der Waals surface area contributed by atoms with Crippen LogP contribution >= 0.6 is 0 Å². The zero-order valence-corrected chi connectivity index (χ0v) is 17.6. The van der Waals surface area contributed by atoms with Crippen LogP contribution in [0.4, 0.5) is 0 Å². The van der Waals surface area contributed by atoms with Crippen LogP contribution in [0.25, 0.3) is 27.4 Å². The van der Waals surface area contributed by atoms with Crippen molar-refractivity contribution in [3.63, 3.8) is 0 Å². The quantitative estimate of drug-likeness (QED) is 0.518. The van der Waals surface area contributed by atoms with Crippen molar-refractivity contribution in [3.05, 3.63) is 72.1 Å². The van der Waals surface area contributed by atoms with Crippen molar-refractivity contribution in [1.82, 2.24) is 14.9 Å². The number of fused-ring (bicyclic) bond motifs is 4. The minimum atomic E-state index is 0.0154. The predicted octanol–water partition coefficient (Wildman–Crippen LogP) is 4.95. The number of benzene rings is 2. The summed E-state index contributed by atoms with van der Waals surface area (Å²) in [6, 6.07) is 14.6. The third kappa shape index (κ3) is 3.35. The number of ether oxygens (including phenoxy) is 2. The van der Waals surface area contributed by atoms with Gasteiger partial charge in [0.1, 0.15) is 12.7 Å². The molecule has 0 amide bonds. The fourth-order valence-electron chi connectivity index (χ4n) is 4.71. The summed E-state index contributed by atoms with van der Waals surface area (Å²) in [6.45, 7) is 5.43. The highest BCUT2D eigenvalue weighted by molar-refractivity contribution is 5.92. The standard InChI is InChI=1S/C26H25N3O2/c1-17-12-21-24(27-13-17)6-7-25-26(21)31-19(16-30-25)15-29-10-8-18(9-11-29)22-14-28-23-5-3-2-4-20(22)23/h2-8,12-14,19,28H,9-11,15-16H2,1H3/t19-/m0/s1. The Labute approximate surface area is 181 Å². The fraction of sp³-hybridized carbons (Fsp3) is 0.269. The number of para-hydroxylation sites is 1. The molecule has 5 nitrogen and oxygen atoms in total. The number of aromatic nitrogens is 2. The van der Waals surface area contributed by atoms with E-state index in [0.717, 1.165) is 54.0 Å². The molecule has 0 saturated heterocycles. The molecule has 156 valence electrons. The number of hydrogen-bond donors (Lipinski definition) is 1. The summed E-state index contributed by atoms with van der Waals surface area (Å²) in [4.78, 5) is 10.4. The Morgan fingerprint density at radius 1 is 1.16 bits per heavy atom. The van der Waals surface area contributed by atoms with E-state index in [2.05, 4.69) is 64.4 Å². The summed E-state index contributed by atoms with van der Waals surface area (Å²) >= 11 is 0. The van der Waals surface area contributed by atoms with Crippen molar-refractivity contribution in [2.24, 2.45) is 0 Å². The van der Waals surface area contributed by atoms with Crippen LogP contribution < -0.4 is 9.47 Å². The Hall–Kier alpha value is -3.31. The van der Waals surface area contributed by atoms with Crippen LogP contribution in [0.5, 0.6) is 11.5 Å². The second-order valence-electron chi connectivity index (χ2n) is 8.51. The van der Waals surface area contributed by atoms with E-state index < -0.39 is 0 Å². The van der Waals surface area contributed by atoms with Crippen molar-refractivity contribution in [3.8, 4) is 11.5 Å². The van der Waals surface area contributed by atoms with Crippen molar-refractivity contribution < 1.29 is 9.47 Å². The van der Waals surface area contributed by atoms with Gasteiger partial charge in [0.2, 0.25) is 0 Å². The van der Waals surface area contributed by atoms with Gasteiger partial charge < -0.3 is 14.5 Å². The zero-order chi connectivity index (χ0) is 20.8. The van der Waals surface area contributed by atoms with E-state index in [4.69, 9.17) is 9.47 Å². The molecule has 0 saturated carbocycles. The summed E-state index contributed by atoms with van der Waals surface area (Å²) in [5.74, 6) is 1.65. The number of nitrogens with zero attached hydrogens (tertiary/aromatic N) is 2. The maximum atomic E-state index is 6.43. The molecule has 0 fully saturated rings. The molecule has 4 heterocycles. The lowest BCUT2D eigenvalue weighted by molar-refractivity contribution is 0.0632. The maximum absolute atomic E-state index is 6.43. The first-order valence-corrected chi connectivity index (χ1v) is 10.9. The Balaban J connectivity index is 1.18. The van der Waals surface area contributed by atoms with Gasteiger partial charge in [0, 0.05) is 53.9 Å². The highest BCUT2D eigenvalue weighted by atomic mass is 16.6. The summed E-state index contributed by atoms with van der Waals surface area (Å²) < 4.78 is 12.5. The number of rotatable bonds is 3. The van der Waals surface area contributed by atoms with Gasteiger partial charge >= 0.3 is 0 Å². The first kappa shape index (κ1) is 18.5. The Bertz CT molecular complexity index is 1310. The lowest BCUT2D eigenvalue weighted by Crippen LogP contribution is -2.42. The smallest absolute Gasteiger partial charge is 0.171 e. The molecule has 0 radical (unpaired) electrons. The van der Waals surface area contributed by atoms with Crippen molar-refractivity contribution in [2.45, 2.75) is 19.4 Å². The van der Waals surface area contributed by atoms with E-state index in [1.165, 1.54) is 22.0 Å². The number of hydrogen-bond acceptors (Lipinski definition) is 4. The lowest BCUT2D eigenvalue weighted by atomic mass is 9.99. The SMILES string of the molecule is Cc1cnc2ccc3c(c2c1)O[C@@H](CN1CC=C(c2c[nH]c4ccccc24)CC1)CO3. The topological polar surface area (TPSA) is 50.4 Å². The van der Waals surface area contributed by atoms with E-state index in [1.54, 1.807) is 0 Å². The van der Waals surface area contributed by atoms with Gasteiger partial charge in [-0.25, -0.2) is 0 Å². The third-order valence-corrected chi connectivity index (χ3v) is 6.32. The van der Waals surface area contributed by atoms with Gasteiger partial charge in [-0.1, -0.05) is 24.3 Å². The van der Waals surface area contributed by atoms with Gasteiger partial charge in [-0.15, -0.1) is 0 Å². The number of H-pyrrole nitrogens is 1. The van der Waals surface area contributed by atoms with Crippen LogP contribution in [0.3, 0.4) is 0 Å². The molecule has 2 aliphatic heterocycles. The first-order valence-electron chi connectivity index (χ1n) is 10.9. The normalized spacial score (nSPS) is 19.0. The Morgan fingerprint density at radius 3 is 3.00 bits per heavy atom. The number of aryl methyl sites for hydroxylation is 1. The number of nitrogens with one attached hydrogen (secondary N) is 1. The molecule has 0 bridgehead atoms. The van der Waals surface area contributed by atoms with Gasteiger partial charge in [0.05, 0.1) is 5.52 Å². The summed E-state index contributed by atoms with van der Waals surface area (Å²) in [6.07, 6.45) is 7.45. The summed E-state index contributed by atoms with van der Waals surface area (Å²) in [7, 11) is 0. The summed E-state index contributed by atoms with van der Waals surface area (Å²) in [5, 5.41) is 2.33. The number of aromatic amines is 1. The zero-order valence-electron chi connectivity index (χ0n) is 17.6. The van der Waals surface area contributed by atoms with E-state index in [-0.39, 0.29) is 6.10 Å². The molecule has 2 aromatic heterocycles. The molecule has 1 atom stereocenters. The van der Waals surface area contributed by atoms with Gasteiger partial charge in [-0.3, -0.25) is 9.88 Å². The Kier molecular flexibility index (Phi) is 4.42. The predicted molar refractivity (Wildman–Crippen MR) is 124 cm³/mol. The van der Waals surface area contributed by atoms with E-state index >= 15 is 0 Å². The molecule has 0 spiro atoms. The van der Waals surface area contributed by atoms with Crippen molar-refractivity contribution >= 4 is 27.4 Å². The van der Waals surface area contributed by atoms with Crippen LogP contribution in [0.1, 0.15) is 17.5 Å². The molecule has 1 N–H and O–H groups in total. The molecule has 0 unspecified atom stereocenters. The molecule has 4 aromatic rings. The first-order chi connectivity index (χ1) is 15.2. The Morgan fingerprint density at radius 2 is 2.10 bits per heavy atom. The minimum absolute atomic E-state index is 0.0154. The fourth-order valence-corrected chi connectivity index (χ4v) is 4.71. The average Bonchev–Trinajstić information content (AvgIpc) is 3.24. The second kappa shape index (κ2) is 7.43. The highest BCUT2D eigenvalue weighted by Crippen LogP contribution is 2.39. The van der Waals surface area contributed by atoms with E-state index in [9.17, 15) is 0 Å².